The van der Waals surface area contributed by atoms with Crippen LogP contribution < -0.4 is 0 Å². The molecule has 9 nitrogen and oxygen atoms in total. The van der Waals surface area contributed by atoms with E-state index in [4.69, 9.17) is 18.5 Å². The molecule has 1 atom stereocenters. The van der Waals surface area contributed by atoms with Crippen molar-refractivity contribution in [3.8, 4) is 0 Å². The molecule has 10 heteroatoms. The summed E-state index contributed by atoms with van der Waals surface area (Å²) in [6.45, 7) is 4.36. The van der Waals surface area contributed by atoms with Crippen LogP contribution in [0.15, 0.2) is 0 Å². The van der Waals surface area contributed by atoms with Crippen molar-refractivity contribution in [3.05, 3.63) is 0 Å². The number of nitrogens with zero attached hydrogens (tertiary/aromatic N) is 1. The summed E-state index contributed by atoms with van der Waals surface area (Å²) in [5.74, 6) is -0.794. The highest BCUT2D eigenvalue weighted by Gasteiger charge is 2.29. The molecular formula is C32H65NO8P+. The topological polar surface area (TPSA) is 108 Å². The second-order valence-corrected chi connectivity index (χ2v) is 14.0. The number of likely N-dealkylation sites (N-methyl/N-ethyl adjacent to an activating group) is 1. The first kappa shape index (κ1) is 41.0. The molecule has 0 fully saturated rings. The van der Waals surface area contributed by atoms with Gasteiger partial charge in [-0.25, -0.2) is 4.57 Å². The van der Waals surface area contributed by atoms with Gasteiger partial charge in [-0.3, -0.25) is 18.6 Å². The van der Waals surface area contributed by atoms with E-state index in [1.54, 1.807) is 0 Å². The third-order valence-electron chi connectivity index (χ3n) is 7.13. The van der Waals surface area contributed by atoms with Gasteiger partial charge in [0.2, 0.25) is 0 Å². The fraction of sp³-hybridized carbons (Fsp3) is 0.938. The molecule has 0 amide bonds. The summed E-state index contributed by atoms with van der Waals surface area (Å²) >= 11 is 0. The Balaban J connectivity index is 4.49. The number of carbonyl (C=O) groups is 2. The SMILES string of the molecule is CCCCCCCCCCCC(=O)OCC(COC(=O)CCCCCCCCCCC)OP(=O)(O)OCC[N+](C)(C)C. The van der Waals surface area contributed by atoms with Gasteiger partial charge in [-0.1, -0.05) is 117 Å². The molecule has 0 aliphatic heterocycles. The van der Waals surface area contributed by atoms with Crippen molar-refractivity contribution in [2.24, 2.45) is 0 Å². The van der Waals surface area contributed by atoms with Gasteiger partial charge in [-0.05, 0) is 12.8 Å². The van der Waals surface area contributed by atoms with Crippen molar-refractivity contribution < 1.29 is 42.1 Å². The van der Waals surface area contributed by atoms with Gasteiger partial charge in [-0.2, -0.15) is 0 Å². The number of phosphoric ester groups is 1. The number of hydrogen-bond donors (Lipinski definition) is 1. The zero-order chi connectivity index (χ0) is 31.5. The van der Waals surface area contributed by atoms with Gasteiger partial charge in [0.1, 0.15) is 32.5 Å². The molecule has 0 saturated heterocycles. The van der Waals surface area contributed by atoms with E-state index in [1.807, 2.05) is 21.1 Å². The predicted octanol–water partition coefficient (Wildman–Crippen LogP) is 8.12. The maximum absolute atomic E-state index is 12.5. The number of esters is 2. The van der Waals surface area contributed by atoms with Crippen LogP contribution in [-0.4, -0.2) is 74.9 Å². The summed E-state index contributed by atoms with van der Waals surface area (Å²) in [5.41, 5.74) is 0. The first-order valence-electron chi connectivity index (χ1n) is 16.8. The molecule has 0 saturated carbocycles. The molecule has 0 bridgehead atoms. The zero-order valence-electron chi connectivity index (χ0n) is 27.7. The Morgan fingerprint density at radius 3 is 1.36 bits per heavy atom. The van der Waals surface area contributed by atoms with Gasteiger partial charge in [0.05, 0.1) is 21.1 Å². The molecule has 0 radical (unpaired) electrons. The van der Waals surface area contributed by atoms with Crippen molar-refractivity contribution in [2.45, 2.75) is 148 Å². The Bertz CT molecular complexity index is 675. The Morgan fingerprint density at radius 2 is 1.00 bits per heavy atom. The number of rotatable bonds is 30. The average Bonchev–Trinajstić information content (AvgIpc) is 2.91. The molecule has 0 heterocycles. The quantitative estimate of drug-likeness (QED) is 0.0370. The van der Waals surface area contributed by atoms with E-state index in [0.29, 0.717) is 11.0 Å². The van der Waals surface area contributed by atoms with Crippen molar-refractivity contribution >= 4 is 19.8 Å². The lowest BCUT2D eigenvalue weighted by atomic mass is 10.1. The van der Waals surface area contributed by atoms with Gasteiger partial charge in [0.15, 0.2) is 0 Å². The first-order chi connectivity index (χ1) is 20.0. The summed E-state index contributed by atoms with van der Waals surface area (Å²) in [7, 11) is 1.38. The fourth-order valence-electron chi connectivity index (χ4n) is 4.43. The van der Waals surface area contributed by atoms with Crippen LogP contribution in [0.1, 0.15) is 142 Å². The molecule has 0 aliphatic carbocycles. The lowest BCUT2D eigenvalue weighted by molar-refractivity contribution is -0.870. The molecule has 42 heavy (non-hydrogen) atoms. The van der Waals surface area contributed by atoms with Crippen LogP contribution in [0, 0.1) is 0 Å². The Kier molecular flexibility index (Phi) is 25.8. The monoisotopic (exact) mass is 622 g/mol. The summed E-state index contributed by atoms with van der Waals surface area (Å²) < 4.78 is 34.1. The second kappa shape index (κ2) is 26.4. The number of unbranched alkanes of at least 4 members (excludes halogenated alkanes) is 16. The van der Waals surface area contributed by atoms with Crippen LogP contribution in [0.3, 0.4) is 0 Å². The lowest BCUT2D eigenvalue weighted by Gasteiger charge is -2.25. The van der Waals surface area contributed by atoms with E-state index in [0.717, 1.165) is 38.5 Å². The highest BCUT2D eigenvalue weighted by atomic mass is 31.2. The van der Waals surface area contributed by atoms with Crippen LogP contribution in [0.4, 0.5) is 0 Å². The molecule has 1 N–H and O–H groups in total. The summed E-state index contributed by atoms with van der Waals surface area (Å²) in [6, 6.07) is 0. The summed E-state index contributed by atoms with van der Waals surface area (Å²) in [6.07, 6.45) is 20.1. The van der Waals surface area contributed by atoms with Crippen molar-refractivity contribution in [3.63, 3.8) is 0 Å². The molecule has 1 unspecified atom stereocenters. The molecular weight excluding hydrogens is 557 g/mol. The number of hydrogen-bond acceptors (Lipinski definition) is 7. The van der Waals surface area contributed by atoms with Crippen molar-refractivity contribution in [2.75, 3.05) is 47.5 Å². The van der Waals surface area contributed by atoms with E-state index in [1.165, 1.54) is 77.0 Å². The van der Waals surface area contributed by atoms with Crippen LogP contribution >= 0.6 is 7.82 Å². The first-order valence-corrected chi connectivity index (χ1v) is 18.3. The normalized spacial score (nSPS) is 13.3. The Hall–Kier alpha value is -0.990. The van der Waals surface area contributed by atoms with Gasteiger partial charge in [-0.15, -0.1) is 0 Å². The van der Waals surface area contributed by atoms with Gasteiger partial charge in [0, 0.05) is 12.8 Å². The minimum absolute atomic E-state index is 0.0147. The average molecular weight is 623 g/mol. The minimum atomic E-state index is -4.44. The summed E-state index contributed by atoms with van der Waals surface area (Å²) in [4.78, 5) is 34.8. The Morgan fingerprint density at radius 1 is 0.643 bits per heavy atom. The fourth-order valence-corrected chi connectivity index (χ4v) is 5.31. The highest BCUT2D eigenvalue weighted by molar-refractivity contribution is 7.47. The number of carbonyl (C=O) groups excluding carboxylic acids is 2. The minimum Gasteiger partial charge on any atom is -0.463 e. The van der Waals surface area contributed by atoms with Gasteiger partial charge < -0.3 is 18.9 Å². The predicted molar refractivity (Wildman–Crippen MR) is 169 cm³/mol. The van der Waals surface area contributed by atoms with E-state index in [-0.39, 0.29) is 32.7 Å². The molecule has 0 aliphatic rings. The van der Waals surface area contributed by atoms with Crippen molar-refractivity contribution in [1.82, 2.24) is 0 Å². The zero-order valence-corrected chi connectivity index (χ0v) is 28.6. The largest absolute Gasteiger partial charge is 0.472 e. The lowest BCUT2D eigenvalue weighted by Crippen LogP contribution is -2.37. The summed E-state index contributed by atoms with van der Waals surface area (Å²) in [5, 5.41) is 0. The third-order valence-corrected chi connectivity index (χ3v) is 8.20. The molecule has 0 spiro atoms. The van der Waals surface area contributed by atoms with E-state index in [2.05, 4.69) is 13.8 Å². The van der Waals surface area contributed by atoms with Crippen molar-refractivity contribution in [1.29, 1.82) is 0 Å². The van der Waals surface area contributed by atoms with Crippen LogP contribution in [0.2, 0.25) is 0 Å². The smallest absolute Gasteiger partial charge is 0.463 e. The van der Waals surface area contributed by atoms with E-state index >= 15 is 0 Å². The second-order valence-electron chi connectivity index (χ2n) is 12.6. The van der Waals surface area contributed by atoms with E-state index < -0.39 is 25.9 Å². The van der Waals surface area contributed by atoms with Gasteiger partial charge >= 0.3 is 19.8 Å². The third kappa shape index (κ3) is 29.1. The number of quaternary nitrogens is 1. The number of phosphoric acid groups is 1. The maximum Gasteiger partial charge on any atom is 0.472 e. The maximum atomic E-state index is 12.5. The number of ether oxygens (including phenoxy) is 2. The molecule has 250 valence electrons. The standard InChI is InChI=1S/C32H64NO8P/c1-6-8-10-12-14-16-18-20-22-24-31(34)38-28-30(41-42(36,37)40-27-26-33(3,4)5)29-39-32(35)25-23-21-19-17-15-13-11-9-7-2/h30H,6-29H2,1-5H3/p+1. The molecule has 0 rings (SSSR count). The highest BCUT2D eigenvalue weighted by Crippen LogP contribution is 2.44. The van der Waals surface area contributed by atoms with Crippen LogP contribution in [0.5, 0.6) is 0 Å². The van der Waals surface area contributed by atoms with Crippen LogP contribution in [-0.2, 0) is 32.7 Å². The Labute approximate surface area is 257 Å². The van der Waals surface area contributed by atoms with Gasteiger partial charge in [0.25, 0.3) is 0 Å². The van der Waals surface area contributed by atoms with E-state index in [9.17, 15) is 19.0 Å². The molecule has 0 aromatic rings. The molecule has 0 aromatic carbocycles. The molecule has 0 aromatic heterocycles. The van der Waals surface area contributed by atoms with Crippen LogP contribution in [0.25, 0.3) is 0 Å².